The minimum Gasteiger partial charge on any atom is -0.451 e. The summed E-state index contributed by atoms with van der Waals surface area (Å²) in [5, 5.41) is 6.92. The van der Waals surface area contributed by atoms with E-state index in [4.69, 9.17) is 4.74 Å². The molecule has 2 N–H and O–H groups in total. The standard InChI is InChI=1S/C16H17N3O4S/c1-9-4-5-10(2)12(6-9)18-14(21)7-23-15(22)13-8-24-16(19-13)17-11(3)20/h4-6,8H,7H2,1-3H3,(H,18,21)(H,17,19,20). The van der Waals surface area contributed by atoms with E-state index in [1.54, 1.807) is 0 Å². The van der Waals surface area contributed by atoms with Crippen molar-refractivity contribution in [3.8, 4) is 0 Å². The first-order chi connectivity index (χ1) is 11.3. The van der Waals surface area contributed by atoms with Crippen molar-refractivity contribution in [2.75, 3.05) is 17.2 Å². The molecule has 2 amide bonds. The Bertz CT molecular complexity index is 785. The zero-order chi connectivity index (χ0) is 17.7. The molecule has 0 atom stereocenters. The van der Waals surface area contributed by atoms with Crippen LogP contribution in [0.25, 0.3) is 0 Å². The van der Waals surface area contributed by atoms with Crippen LogP contribution in [0.15, 0.2) is 23.6 Å². The summed E-state index contributed by atoms with van der Waals surface area (Å²) < 4.78 is 4.93. The van der Waals surface area contributed by atoms with Crippen LogP contribution in [0.1, 0.15) is 28.5 Å². The second kappa shape index (κ2) is 7.69. The summed E-state index contributed by atoms with van der Waals surface area (Å²) in [6.45, 7) is 4.72. The zero-order valence-corrected chi connectivity index (χ0v) is 14.3. The van der Waals surface area contributed by atoms with Gasteiger partial charge in [-0.05, 0) is 31.0 Å². The van der Waals surface area contributed by atoms with Gasteiger partial charge in [0.25, 0.3) is 5.91 Å². The highest BCUT2D eigenvalue weighted by Crippen LogP contribution is 2.17. The molecule has 0 radical (unpaired) electrons. The van der Waals surface area contributed by atoms with E-state index >= 15 is 0 Å². The molecule has 0 saturated heterocycles. The number of amides is 2. The first-order valence-electron chi connectivity index (χ1n) is 7.12. The van der Waals surface area contributed by atoms with E-state index in [1.165, 1.54) is 12.3 Å². The van der Waals surface area contributed by atoms with Crippen LogP contribution in [0.4, 0.5) is 10.8 Å². The van der Waals surface area contributed by atoms with Gasteiger partial charge in [0, 0.05) is 18.0 Å². The number of nitrogens with one attached hydrogen (secondary N) is 2. The Kier molecular flexibility index (Phi) is 5.64. The molecule has 0 aliphatic heterocycles. The second-order valence-corrected chi connectivity index (χ2v) is 6.02. The number of nitrogens with zero attached hydrogens (tertiary/aromatic N) is 1. The Hall–Kier alpha value is -2.74. The summed E-state index contributed by atoms with van der Waals surface area (Å²) in [4.78, 5) is 38.6. The van der Waals surface area contributed by atoms with Gasteiger partial charge in [-0.25, -0.2) is 9.78 Å². The molecular weight excluding hydrogens is 330 g/mol. The van der Waals surface area contributed by atoms with Crippen molar-refractivity contribution in [2.45, 2.75) is 20.8 Å². The highest BCUT2D eigenvalue weighted by Gasteiger charge is 2.15. The number of hydrogen-bond acceptors (Lipinski definition) is 6. The monoisotopic (exact) mass is 347 g/mol. The largest absolute Gasteiger partial charge is 0.451 e. The maximum absolute atomic E-state index is 11.9. The maximum Gasteiger partial charge on any atom is 0.358 e. The minimum atomic E-state index is -0.723. The van der Waals surface area contributed by atoms with Crippen molar-refractivity contribution in [2.24, 2.45) is 0 Å². The van der Waals surface area contributed by atoms with Gasteiger partial charge in [-0.2, -0.15) is 0 Å². The molecule has 24 heavy (non-hydrogen) atoms. The third kappa shape index (κ3) is 4.88. The Morgan fingerprint density at radius 2 is 1.96 bits per heavy atom. The molecule has 0 saturated carbocycles. The second-order valence-electron chi connectivity index (χ2n) is 5.16. The summed E-state index contributed by atoms with van der Waals surface area (Å²) in [5.41, 5.74) is 2.65. The van der Waals surface area contributed by atoms with E-state index in [0.717, 1.165) is 22.5 Å². The fraction of sp³-hybridized carbons (Fsp3) is 0.250. The molecule has 1 aromatic heterocycles. The number of aryl methyl sites for hydroxylation is 2. The number of ether oxygens (including phenoxy) is 1. The Morgan fingerprint density at radius 3 is 2.67 bits per heavy atom. The van der Waals surface area contributed by atoms with Gasteiger partial charge in [0.05, 0.1) is 0 Å². The van der Waals surface area contributed by atoms with E-state index in [1.807, 2.05) is 32.0 Å². The molecule has 0 fully saturated rings. The normalized spacial score (nSPS) is 10.1. The van der Waals surface area contributed by atoms with E-state index in [2.05, 4.69) is 15.6 Å². The molecule has 0 aliphatic rings. The summed E-state index contributed by atoms with van der Waals surface area (Å²) in [7, 11) is 0. The predicted molar refractivity (Wildman–Crippen MR) is 91.2 cm³/mol. The molecule has 0 bridgehead atoms. The van der Waals surface area contributed by atoms with Crippen LogP contribution in [-0.2, 0) is 14.3 Å². The van der Waals surface area contributed by atoms with Gasteiger partial charge >= 0.3 is 5.97 Å². The van der Waals surface area contributed by atoms with Gasteiger partial charge in [0.2, 0.25) is 5.91 Å². The summed E-state index contributed by atoms with van der Waals surface area (Å²) in [5.74, 6) is -1.44. The molecule has 2 rings (SSSR count). The van der Waals surface area contributed by atoms with Gasteiger partial charge < -0.3 is 15.4 Å². The van der Waals surface area contributed by atoms with Crippen LogP contribution in [0.5, 0.6) is 0 Å². The van der Waals surface area contributed by atoms with E-state index < -0.39 is 18.5 Å². The summed E-state index contributed by atoms with van der Waals surface area (Å²) in [6, 6.07) is 5.69. The average molecular weight is 347 g/mol. The van der Waals surface area contributed by atoms with Gasteiger partial charge in [0.1, 0.15) is 0 Å². The van der Waals surface area contributed by atoms with E-state index in [0.29, 0.717) is 10.8 Å². The first kappa shape index (κ1) is 17.6. The van der Waals surface area contributed by atoms with Crippen molar-refractivity contribution in [1.29, 1.82) is 0 Å². The van der Waals surface area contributed by atoms with Gasteiger partial charge in [-0.1, -0.05) is 12.1 Å². The first-order valence-corrected chi connectivity index (χ1v) is 8.00. The number of hydrogen-bond donors (Lipinski definition) is 2. The lowest BCUT2D eigenvalue weighted by Gasteiger charge is -2.09. The molecule has 0 aliphatic carbocycles. The molecule has 0 unspecified atom stereocenters. The molecule has 126 valence electrons. The Labute approximate surface area is 143 Å². The van der Waals surface area contributed by atoms with Crippen molar-refractivity contribution in [3.05, 3.63) is 40.4 Å². The van der Waals surface area contributed by atoms with Crippen LogP contribution in [0, 0.1) is 13.8 Å². The maximum atomic E-state index is 11.9. The molecule has 2 aromatic rings. The molecular formula is C16H17N3O4S. The highest BCUT2D eigenvalue weighted by atomic mass is 32.1. The SMILES string of the molecule is CC(=O)Nc1nc(C(=O)OCC(=O)Nc2cc(C)ccc2C)cs1. The van der Waals surface area contributed by atoms with Crippen molar-refractivity contribution in [3.63, 3.8) is 0 Å². The fourth-order valence-corrected chi connectivity index (χ4v) is 2.56. The average Bonchev–Trinajstić information content (AvgIpc) is 2.96. The number of esters is 1. The predicted octanol–water partition coefficient (Wildman–Crippen LogP) is 2.51. The van der Waals surface area contributed by atoms with Crippen LogP contribution in [0.2, 0.25) is 0 Å². The van der Waals surface area contributed by atoms with Crippen LogP contribution in [-0.4, -0.2) is 29.4 Å². The third-order valence-electron chi connectivity index (χ3n) is 3.00. The van der Waals surface area contributed by atoms with Crippen LogP contribution < -0.4 is 10.6 Å². The van der Waals surface area contributed by atoms with E-state index in [-0.39, 0.29) is 11.6 Å². The lowest BCUT2D eigenvalue weighted by atomic mass is 10.1. The molecule has 0 spiro atoms. The highest BCUT2D eigenvalue weighted by molar-refractivity contribution is 7.14. The topological polar surface area (TPSA) is 97.4 Å². The molecule has 7 nitrogen and oxygen atoms in total. The Morgan fingerprint density at radius 1 is 1.21 bits per heavy atom. The number of carbonyl (C=O) groups is 3. The quantitative estimate of drug-likeness (QED) is 0.810. The number of carbonyl (C=O) groups excluding carboxylic acids is 3. The fourth-order valence-electron chi connectivity index (χ4n) is 1.84. The van der Waals surface area contributed by atoms with Gasteiger partial charge in [-0.3, -0.25) is 9.59 Å². The smallest absolute Gasteiger partial charge is 0.358 e. The number of aromatic nitrogens is 1. The van der Waals surface area contributed by atoms with Gasteiger partial charge in [0.15, 0.2) is 17.4 Å². The summed E-state index contributed by atoms with van der Waals surface area (Å²) in [6.07, 6.45) is 0. The lowest BCUT2D eigenvalue weighted by Crippen LogP contribution is -2.21. The Balaban J connectivity index is 1.89. The minimum absolute atomic E-state index is 0.0447. The molecule has 1 heterocycles. The van der Waals surface area contributed by atoms with E-state index in [9.17, 15) is 14.4 Å². The van der Waals surface area contributed by atoms with Crippen LogP contribution in [0.3, 0.4) is 0 Å². The number of thiazole rings is 1. The molecule has 8 heteroatoms. The number of benzene rings is 1. The molecule has 1 aromatic carbocycles. The number of rotatable bonds is 5. The number of anilines is 2. The van der Waals surface area contributed by atoms with Crippen molar-refractivity contribution >= 4 is 39.9 Å². The van der Waals surface area contributed by atoms with Gasteiger partial charge in [-0.15, -0.1) is 11.3 Å². The van der Waals surface area contributed by atoms with Crippen molar-refractivity contribution < 1.29 is 19.1 Å². The lowest BCUT2D eigenvalue weighted by molar-refractivity contribution is -0.119. The summed E-state index contributed by atoms with van der Waals surface area (Å²) >= 11 is 1.10. The zero-order valence-electron chi connectivity index (χ0n) is 13.5. The van der Waals surface area contributed by atoms with Crippen molar-refractivity contribution in [1.82, 2.24) is 4.98 Å². The van der Waals surface area contributed by atoms with Crippen LogP contribution >= 0.6 is 11.3 Å². The third-order valence-corrected chi connectivity index (χ3v) is 3.76.